The van der Waals surface area contributed by atoms with Crippen molar-refractivity contribution in [2.24, 2.45) is 0 Å². The minimum atomic E-state index is 0.0140. The van der Waals surface area contributed by atoms with Gasteiger partial charge in [0.25, 0.3) is 0 Å². The highest BCUT2D eigenvalue weighted by Gasteiger charge is 2.08. The average Bonchev–Trinajstić information content (AvgIpc) is 2.47. The molecule has 0 aliphatic heterocycles. The predicted octanol–water partition coefficient (Wildman–Crippen LogP) is 2.54. The fourth-order valence-corrected chi connectivity index (χ4v) is 1.66. The van der Waals surface area contributed by atoms with Gasteiger partial charge < -0.3 is 10.1 Å². The number of ether oxygens (including phenoxy) is 1. The second kappa shape index (κ2) is 6.53. The Hall–Kier alpha value is -2.61. The molecule has 5 nitrogen and oxygen atoms in total. The van der Waals surface area contributed by atoms with Gasteiger partial charge in [0.1, 0.15) is 18.4 Å². The summed E-state index contributed by atoms with van der Waals surface area (Å²) in [7, 11) is 0. The first kappa shape index (κ1) is 13.8. The molecule has 0 bridgehead atoms. The molecule has 1 aromatic heterocycles. The molecule has 1 atom stereocenters. The molecule has 5 heteroatoms. The number of hydrogen-bond donors (Lipinski definition) is 1. The van der Waals surface area contributed by atoms with Crippen molar-refractivity contribution in [3.05, 3.63) is 47.7 Å². The molecule has 2 aromatic rings. The molecule has 1 aromatic carbocycles. The quantitative estimate of drug-likeness (QED) is 0.902. The van der Waals surface area contributed by atoms with E-state index >= 15 is 0 Å². The molecule has 0 amide bonds. The molecule has 0 spiro atoms. The molecule has 0 fully saturated rings. The van der Waals surface area contributed by atoms with Crippen molar-refractivity contribution in [3.63, 3.8) is 0 Å². The maximum Gasteiger partial charge on any atom is 0.166 e. The van der Waals surface area contributed by atoms with E-state index < -0.39 is 0 Å². The van der Waals surface area contributed by atoms with Crippen LogP contribution in [0.1, 0.15) is 18.1 Å². The zero-order valence-corrected chi connectivity index (χ0v) is 11.5. The molecule has 0 radical (unpaired) electrons. The lowest BCUT2D eigenvalue weighted by Gasteiger charge is -2.15. The van der Waals surface area contributed by atoms with E-state index in [0.717, 1.165) is 5.75 Å². The van der Waals surface area contributed by atoms with Crippen molar-refractivity contribution in [2.75, 3.05) is 11.9 Å². The SMILES string of the molecule is Cc1ccc(OCC(C)Nc2nnccc2C#N)cc1. The number of benzene rings is 1. The van der Waals surface area contributed by atoms with E-state index in [1.807, 2.05) is 38.1 Å². The maximum atomic E-state index is 8.98. The molecule has 0 saturated carbocycles. The Bertz CT molecular complexity index is 604. The maximum absolute atomic E-state index is 8.98. The Morgan fingerprint density at radius 1 is 1.30 bits per heavy atom. The highest BCUT2D eigenvalue weighted by molar-refractivity contribution is 5.50. The third-order valence-electron chi connectivity index (χ3n) is 2.75. The summed E-state index contributed by atoms with van der Waals surface area (Å²) in [6.45, 7) is 4.47. The number of nitrogens with zero attached hydrogens (tertiary/aromatic N) is 3. The number of aromatic nitrogens is 2. The second-order valence-corrected chi connectivity index (χ2v) is 4.57. The van der Waals surface area contributed by atoms with Crippen molar-refractivity contribution in [3.8, 4) is 11.8 Å². The predicted molar refractivity (Wildman–Crippen MR) is 76.5 cm³/mol. The Morgan fingerprint density at radius 3 is 2.75 bits per heavy atom. The average molecular weight is 268 g/mol. The number of rotatable bonds is 5. The third-order valence-corrected chi connectivity index (χ3v) is 2.75. The summed E-state index contributed by atoms with van der Waals surface area (Å²) >= 11 is 0. The summed E-state index contributed by atoms with van der Waals surface area (Å²) < 4.78 is 5.67. The van der Waals surface area contributed by atoms with Gasteiger partial charge in [-0.2, -0.15) is 10.4 Å². The number of nitriles is 1. The summed E-state index contributed by atoms with van der Waals surface area (Å²) in [6, 6.07) is 11.6. The standard InChI is InChI=1S/C15H16N4O/c1-11-3-5-14(6-4-11)20-10-12(2)18-15-13(9-16)7-8-17-19-15/h3-8,12H,10H2,1-2H3,(H,18,19). The van der Waals surface area contributed by atoms with Crippen molar-refractivity contribution in [2.45, 2.75) is 19.9 Å². The van der Waals surface area contributed by atoms with E-state index in [0.29, 0.717) is 18.0 Å². The van der Waals surface area contributed by atoms with Gasteiger partial charge in [-0.05, 0) is 32.0 Å². The number of hydrogen-bond acceptors (Lipinski definition) is 5. The van der Waals surface area contributed by atoms with Gasteiger partial charge in [0.15, 0.2) is 5.82 Å². The number of nitrogens with one attached hydrogen (secondary N) is 1. The second-order valence-electron chi connectivity index (χ2n) is 4.57. The van der Waals surface area contributed by atoms with Gasteiger partial charge in [-0.3, -0.25) is 0 Å². The summed E-state index contributed by atoms with van der Waals surface area (Å²) in [4.78, 5) is 0. The summed E-state index contributed by atoms with van der Waals surface area (Å²) in [5.74, 6) is 1.30. The van der Waals surface area contributed by atoms with E-state index in [1.54, 1.807) is 6.07 Å². The normalized spacial score (nSPS) is 11.4. The van der Waals surface area contributed by atoms with Crippen molar-refractivity contribution < 1.29 is 4.74 Å². The monoisotopic (exact) mass is 268 g/mol. The number of aryl methyl sites for hydroxylation is 1. The van der Waals surface area contributed by atoms with Gasteiger partial charge in [-0.15, -0.1) is 5.10 Å². The molecule has 1 heterocycles. The Labute approximate surface area is 118 Å². The van der Waals surface area contributed by atoms with Crippen molar-refractivity contribution >= 4 is 5.82 Å². The smallest absolute Gasteiger partial charge is 0.166 e. The van der Waals surface area contributed by atoms with E-state index in [9.17, 15) is 0 Å². The van der Waals surface area contributed by atoms with Crippen LogP contribution in [0, 0.1) is 18.3 Å². The van der Waals surface area contributed by atoms with Gasteiger partial charge in [0.2, 0.25) is 0 Å². The summed E-state index contributed by atoms with van der Waals surface area (Å²) in [6.07, 6.45) is 1.50. The summed E-state index contributed by atoms with van der Waals surface area (Å²) in [5, 5.41) is 19.8. The van der Waals surface area contributed by atoms with Gasteiger partial charge in [-0.1, -0.05) is 17.7 Å². The van der Waals surface area contributed by atoms with Gasteiger partial charge >= 0.3 is 0 Å². The Morgan fingerprint density at radius 2 is 2.05 bits per heavy atom. The molecule has 1 unspecified atom stereocenters. The molecule has 102 valence electrons. The molecular formula is C15H16N4O. The van der Waals surface area contributed by atoms with Crippen LogP contribution in [0.4, 0.5) is 5.82 Å². The minimum absolute atomic E-state index is 0.0140. The first-order chi connectivity index (χ1) is 9.69. The van der Waals surface area contributed by atoms with Crippen LogP contribution < -0.4 is 10.1 Å². The minimum Gasteiger partial charge on any atom is -0.491 e. The van der Waals surface area contributed by atoms with Crippen LogP contribution in [0.3, 0.4) is 0 Å². The third kappa shape index (κ3) is 3.69. The lowest BCUT2D eigenvalue weighted by atomic mass is 10.2. The van der Waals surface area contributed by atoms with Crippen molar-refractivity contribution in [1.29, 1.82) is 5.26 Å². The van der Waals surface area contributed by atoms with E-state index in [1.165, 1.54) is 11.8 Å². The van der Waals surface area contributed by atoms with Crippen molar-refractivity contribution in [1.82, 2.24) is 10.2 Å². The van der Waals surface area contributed by atoms with Crippen LogP contribution in [0.5, 0.6) is 5.75 Å². The number of anilines is 1. The van der Waals surface area contributed by atoms with Gasteiger partial charge in [-0.25, -0.2) is 0 Å². The molecule has 20 heavy (non-hydrogen) atoms. The largest absolute Gasteiger partial charge is 0.491 e. The van der Waals surface area contributed by atoms with Crippen LogP contribution >= 0.6 is 0 Å². The van der Waals surface area contributed by atoms with Crippen LogP contribution in [-0.4, -0.2) is 22.8 Å². The summed E-state index contributed by atoms with van der Waals surface area (Å²) in [5.41, 5.74) is 1.67. The fraction of sp³-hybridized carbons (Fsp3) is 0.267. The molecular weight excluding hydrogens is 252 g/mol. The van der Waals surface area contributed by atoms with Gasteiger partial charge in [0.05, 0.1) is 17.8 Å². The first-order valence-corrected chi connectivity index (χ1v) is 6.37. The molecule has 0 saturated heterocycles. The van der Waals surface area contributed by atoms with E-state index in [-0.39, 0.29) is 6.04 Å². The Kier molecular flexibility index (Phi) is 4.51. The van der Waals surface area contributed by atoms with Crippen LogP contribution in [-0.2, 0) is 0 Å². The molecule has 2 rings (SSSR count). The first-order valence-electron chi connectivity index (χ1n) is 6.37. The highest BCUT2D eigenvalue weighted by atomic mass is 16.5. The molecule has 0 aliphatic rings. The highest BCUT2D eigenvalue weighted by Crippen LogP contribution is 2.13. The zero-order chi connectivity index (χ0) is 14.4. The lowest BCUT2D eigenvalue weighted by Crippen LogP contribution is -2.24. The van der Waals surface area contributed by atoms with Gasteiger partial charge in [0, 0.05) is 0 Å². The lowest BCUT2D eigenvalue weighted by molar-refractivity contribution is 0.303. The van der Waals surface area contributed by atoms with Crippen LogP contribution in [0.15, 0.2) is 36.5 Å². The molecule has 0 aliphatic carbocycles. The van der Waals surface area contributed by atoms with E-state index in [4.69, 9.17) is 10.00 Å². The van der Waals surface area contributed by atoms with Crippen LogP contribution in [0.25, 0.3) is 0 Å². The Balaban J connectivity index is 1.91. The van der Waals surface area contributed by atoms with E-state index in [2.05, 4.69) is 21.6 Å². The topological polar surface area (TPSA) is 70.8 Å². The molecule has 1 N–H and O–H groups in total. The van der Waals surface area contributed by atoms with Crippen LogP contribution in [0.2, 0.25) is 0 Å². The zero-order valence-electron chi connectivity index (χ0n) is 11.5. The fourth-order valence-electron chi connectivity index (χ4n) is 1.66.